The number of rotatable bonds is 3. The Labute approximate surface area is 128 Å². The van der Waals surface area contributed by atoms with Gasteiger partial charge in [-0.25, -0.2) is 4.98 Å². The minimum Gasteiger partial charge on any atom is -0.481 e. The predicted molar refractivity (Wildman–Crippen MR) is 82.5 cm³/mol. The summed E-state index contributed by atoms with van der Waals surface area (Å²) >= 11 is 0. The minimum absolute atomic E-state index is 0.234. The molecule has 1 aromatic heterocycles. The Balaban J connectivity index is 1.91. The van der Waals surface area contributed by atoms with Crippen LogP contribution in [0.3, 0.4) is 0 Å². The fraction of sp³-hybridized carbons (Fsp3) is 0.294. The number of aliphatic carboxylic acids is 1. The third-order valence-corrected chi connectivity index (χ3v) is 4.29. The molecule has 1 aromatic carbocycles. The van der Waals surface area contributed by atoms with E-state index in [4.69, 9.17) is 0 Å². The first-order chi connectivity index (χ1) is 10.6. The van der Waals surface area contributed by atoms with Gasteiger partial charge in [0.1, 0.15) is 17.3 Å². The van der Waals surface area contributed by atoms with E-state index in [1.54, 1.807) is 18.3 Å². The third-order valence-electron chi connectivity index (χ3n) is 4.29. The van der Waals surface area contributed by atoms with Crippen LogP contribution in [0.4, 0.5) is 5.82 Å². The molecule has 2 N–H and O–H groups in total. The topological polar surface area (TPSA) is 73.7 Å². The van der Waals surface area contributed by atoms with Crippen molar-refractivity contribution in [3.63, 3.8) is 0 Å². The van der Waals surface area contributed by atoms with Crippen LogP contribution in [0.2, 0.25) is 0 Å². The Bertz CT molecular complexity index is 647. The lowest BCUT2D eigenvalue weighted by atomic mass is 9.76. The van der Waals surface area contributed by atoms with E-state index in [9.17, 15) is 15.0 Å². The molecule has 0 spiro atoms. The summed E-state index contributed by atoms with van der Waals surface area (Å²) in [5.74, 6) is -1.15. The van der Waals surface area contributed by atoms with Gasteiger partial charge < -0.3 is 15.1 Å². The zero-order chi connectivity index (χ0) is 15.6. The average Bonchev–Trinajstić information content (AvgIpc) is 2.56. The molecule has 0 amide bonds. The Morgan fingerprint density at radius 3 is 2.55 bits per heavy atom. The van der Waals surface area contributed by atoms with Gasteiger partial charge in [-0.15, -0.1) is 0 Å². The lowest BCUT2D eigenvalue weighted by Crippen LogP contribution is -2.53. The van der Waals surface area contributed by atoms with Crippen molar-refractivity contribution in [3.8, 4) is 0 Å². The zero-order valence-corrected chi connectivity index (χ0v) is 12.1. The Kier molecular flexibility index (Phi) is 3.81. The molecule has 114 valence electrons. The van der Waals surface area contributed by atoms with E-state index in [0.717, 1.165) is 5.82 Å². The number of anilines is 1. The van der Waals surface area contributed by atoms with Gasteiger partial charge in [0.05, 0.1) is 0 Å². The Morgan fingerprint density at radius 2 is 1.91 bits per heavy atom. The molecule has 0 saturated carbocycles. The van der Waals surface area contributed by atoms with Crippen LogP contribution in [0.5, 0.6) is 0 Å². The second-order valence-corrected chi connectivity index (χ2v) is 5.57. The number of carboxylic acids is 1. The van der Waals surface area contributed by atoms with Crippen LogP contribution in [0.1, 0.15) is 12.0 Å². The first-order valence-corrected chi connectivity index (χ1v) is 7.28. The zero-order valence-electron chi connectivity index (χ0n) is 12.1. The average molecular weight is 298 g/mol. The van der Waals surface area contributed by atoms with Crippen molar-refractivity contribution >= 4 is 11.8 Å². The summed E-state index contributed by atoms with van der Waals surface area (Å²) in [6, 6.07) is 14.6. The minimum atomic E-state index is -1.35. The maximum Gasteiger partial charge on any atom is 0.311 e. The van der Waals surface area contributed by atoms with Crippen LogP contribution in [0.25, 0.3) is 0 Å². The van der Waals surface area contributed by atoms with Crippen molar-refractivity contribution in [2.45, 2.75) is 12.0 Å². The summed E-state index contributed by atoms with van der Waals surface area (Å²) in [5, 5.41) is 20.6. The summed E-state index contributed by atoms with van der Waals surface area (Å²) in [4.78, 5) is 17.9. The highest BCUT2D eigenvalue weighted by molar-refractivity contribution is 5.73. The summed E-state index contributed by atoms with van der Waals surface area (Å²) in [6.07, 6.45) is 2.04. The molecule has 1 saturated heterocycles. The van der Waals surface area contributed by atoms with E-state index in [0.29, 0.717) is 18.5 Å². The molecule has 2 heterocycles. The van der Waals surface area contributed by atoms with E-state index in [1.165, 1.54) is 0 Å². The SMILES string of the molecule is O=C(O)C1CN(c2ccccn2)CCC1(O)c1ccccc1. The molecule has 22 heavy (non-hydrogen) atoms. The number of aliphatic hydroxyl groups is 1. The first-order valence-electron chi connectivity index (χ1n) is 7.28. The van der Waals surface area contributed by atoms with Crippen LogP contribution < -0.4 is 4.90 Å². The molecule has 0 bridgehead atoms. The number of carboxylic acid groups (broad SMARTS) is 1. The fourth-order valence-corrected chi connectivity index (χ4v) is 3.05. The molecular formula is C17H18N2O3. The number of pyridine rings is 1. The van der Waals surface area contributed by atoms with Gasteiger partial charge >= 0.3 is 5.97 Å². The maximum atomic E-state index is 11.7. The third kappa shape index (κ3) is 2.55. The van der Waals surface area contributed by atoms with Gasteiger partial charge in [-0.3, -0.25) is 4.79 Å². The number of aromatic nitrogens is 1. The second-order valence-electron chi connectivity index (χ2n) is 5.57. The van der Waals surface area contributed by atoms with Crippen LogP contribution >= 0.6 is 0 Å². The fourth-order valence-electron chi connectivity index (χ4n) is 3.05. The quantitative estimate of drug-likeness (QED) is 0.905. The molecule has 2 atom stereocenters. The van der Waals surface area contributed by atoms with Crippen LogP contribution in [-0.4, -0.2) is 34.3 Å². The van der Waals surface area contributed by atoms with E-state index < -0.39 is 17.5 Å². The molecule has 1 fully saturated rings. The molecule has 0 radical (unpaired) electrons. The monoisotopic (exact) mass is 298 g/mol. The van der Waals surface area contributed by atoms with Gasteiger partial charge in [-0.2, -0.15) is 0 Å². The maximum absolute atomic E-state index is 11.7. The number of benzene rings is 1. The summed E-state index contributed by atoms with van der Waals surface area (Å²) in [5.41, 5.74) is -0.693. The van der Waals surface area contributed by atoms with Crippen molar-refractivity contribution < 1.29 is 15.0 Å². The summed E-state index contributed by atoms with van der Waals surface area (Å²) in [7, 11) is 0. The predicted octanol–water partition coefficient (Wildman–Crippen LogP) is 1.88. The number of carbonyl (C=O) groups is 1. The summed E-state index contributed by atoms with van der Waals surface area (Å²) in [6.45, 7) is 0.796. The van der Waals surface area contributed by atoms with E-state index in [-0.39, 0.29) is 6.54 Å². The standard InChI is InChI=1S/C17H18N2O3/c20-16(21)14-12-19(15-8-4-5-10-18-15)11-9-17(14,22)13-6-2-1-3-7-13/h1-8,10,14,22H,9,11-12H2,(H,20,21). The van der Waals surface area contributed by atoms with Gasteiger partial charge in [-0.1, -0.05) is 36.4 Å². The lowest BCUT2D eigenvalue weighted by Gasteiger charge is -2.43. The highest BCUT2D eigenvalue weighted by Gasteiger charge is 2.47. The van der Waals surface area contributed by atoms with Crippen LogP contribution in [0, 0.1) is 5.92 Å². The molecule has 5 heteroatoms. The molecule has 2 aromatic rings. The highest BCUT2D eigenvalue weighted by Crippen LogP contribution is 2.38. The number of hydrogen-bond donors (Lipinski definition) is 2. The number of nitrogens with zero attached hydrogens (tertiary/aromatic N) is 2. The smallest absolute Gasteiger partial charge is 0.311 e. The second kappa shape index (κ2) is 5.77. The van der Waals surface area contributed by atoms with Gasteiger partial charge in [0, 0.05) is 19.3 Å². The van der Waals surface area contributed by atoms with Crippen LogP contribution in [0.15, 0.2) is 54.7 Å². The number of hydrogen-bond acceptors (Lipinski definition) is 4. The van der Waals surface area contributed by atoms with E-state index >= 15 is 0 Å². The van der Waals surface area contributed by atoms with Gasteiger partial charge in [0.25, 0.3) is 0 Å². The molecule has 5 nitrogen and oxygen atoms in total. The van der Waals surface area contributed by atoms with Gasteiger partial charge in [0.15, 0.2) is 0 Å². The highest BCUT2D eigenvalue weighted by atomic mass is 16.4. The largest absolute Gasteiger partial charge is 0.481 e. The molecule has 1 aliphatic heterocycles. The molecule has 3 rings (SSSR count). The van der Waals surface area contributed by atoms with Crippen molar-refractivity contribution in [2.24, 2.45) is 5.92 Å². The molecule has 2 unspecified atom stereocenters. The Hall–Kier alpha value is -2.40. The van der Waals surface area contributed by atoms with Crippen LogP contribution in [-0.2, 0) is 10.4 Å². The first kappa shape index (κ1) is 14.5. The summed E-state index contributed by atoms with van der Waals surface area (Å²) < 4.78 is 0. The molecular weight excluding hydrogens is 280 g/mol. The van der Waals surface area contributed by atoms with Crippen molar-refractivity contribution in [2.75, 3.05) is 18.0 Å². The Morgan fingerprint density at radius 1 is 1.18 bits per heavy atom. The van der Waals surface area contributed by atoms with Crippen molar-refractivity contribution in [3.05, 3.63) is 60.3 Å². The lowest BCUT2D eigenvalue weighted by molar-refractivity contribution is -0.154. The molecule has 0 aliphatic carbocycles. The molecule has 1 aliphatic rings. The van der Waals surface area contributed by atoms with E-state index in [1.807, 2.05) is 41.3 Å². The van der Waals surface area contributed by atoms with Gasteiger partial charge in [0.2, 0.25) is 0 Å². The normalized spacial score (nSPS) is 25.0. The van der Waals surface area contributed by atoms with E-state index in [2.05, 4.69) is 4.98 Å². The number of piperidine rings is 1. The van der Waals surface area contributed by atoms with Gasteiger partial charge in [-0.05, 0) is 24.1 Å². The van der Waals surface area contributed by atoms with Crippen molar-refractivity contribution in [1.82, 2.24) is 4.98 Å². The van der Waals surface area contributed by atoms with Crippen molar-refractivity contribution in [1.29, 1.82) is 0 Å².